The summed E-state index contributed by atoms with van der Waals surface area (Å²) in [6, 6.07) is 5.86. The smallest absolute Gasteiger partial charge is 0.414 e. The molecule has 162 valence electrons. The van der Waals surface area contributed by atoms with Crippen LogP contribution in [0.2, 0.25) is 0 Å². The molecule has 1 aliphatic heterocycles. The second-order valence-corrected chi connectivity index (χ2v) is 7.16. The van der Waals surface area contributed by atoms with E-state index in [0.717, 1.165) is 38.6 Å². The number of hydrogen-bond acceptors (Lipinski definition) is 6. The van der Waals surface area contributed by atoms with E-state index in [1.807, 2.05) is 4.90 Å². The van der Waals surface area contributed by atoms with Crippen LogP contribution in [-0.2, 0) is 9.59 Å². The third kappa shape index (κ3) is 6.96. The van der Waals surface area contributed by atoms with Gasteiger partial charge in [0.1, 0.15) is 0 Å². The molecule has 1 aromatic rings. The second kappa shape index (κ2) is 11.1. The van der Waals surface area contributed by atoms with E-state index < -0.39 is 16.9 Å². The van der Waals surface area contributed by atoms with Crippen LogP contribution >= 0.6 is 0 Å². The maximum Gasteiger partial charge on any atom is 0.414 e. The molecule has 1 aliphatic carbocycles. The van der Waals surface area contributed by atoms with Gasteiger partial charge in [-0.1, -0.05) is 12.2 Å². The Kier molecular flexibility index (Phi) is 8.48. The Labute approximate surface area is 173 Å². The number of amides is 1. The van der Waals surface area contributed by atoms with Gasteiger partial charge in [-0.3, -0.25) is 19.8 Å². The number of rotatable bonds is 4. The fraction of sp³-hybridized carbons (Fsp3) is 0.450. The molecule has 2 N–H and O–H groups in total. The Morgan fingerprint density at radius 1 is 1.00 bits per heavy atom. The predicted molar refractivity (Wildman–Crippen MR) is 107 cm³/mol. The van der Waals surface area contributed by atoms with Crippen molar-refractivity contribution in [3.8, 4) is 0 Å². The van der Waals surface area contributed by atoms with Crippen LogP contribution in [0.4, 0.5) is 5.69 Å². The molecule has 1 heterocycles. The van der Waals surface area contributed by atoms with Crippen LogP contribution in [0.15, 0.2) is 36.4 Å². The van der Waals surface area contributed by atoms with Crippen molar-refractivity contribution in [3.63, 3.8) is 0 Å². The van der Waals surface area contributed by atoms with E-state index in [0.29, 0.717) is 5.56 Å². The highest BCUT2D eigenvalue weighted by Gasteiger charge is 2.24. The molecule has 0 radical (unpaired) electrons. The summed E-state index contributed by atoms with van der Waals surface area (Å²) in [6.45, 7) is 4.36. The number of aliphatic carboxylic acids is 2. The molecular weight excluding hydrogens is 394 g/mol. The Morgan fingerprint density at radius 2 is 1.60 bits per heavy atom. The van der Waals surface area contributed by atoms with E-state index in [9.17, 15) is 14.9 Å². The Morgan fingerprint density at radius 3 is 2.07 bits per heavy atom. The van der Waals surface area contributed by atoms with Crippen LogP contribution in [0.1, 0.15) is 29.6 Å². The number of carbonyl (C=O) groups is 3. The van der Waals surface area contributed by atoms with Crippen molar-refractivity contribution in [2.75, 3.05) is 32.7 Å². The number of nitro groups is 1. The van der Waals surface area contributed by atoms with Crippen molar-refractivity contribution in [2.24, 2.45) is 5.92 Å². The number of nitrogens with zero attached hydrogens (tertiary/aromatic N) is 3. The lowest BCUT2D eigenvalue weighted by atomic mass is 9.94. The minimum atomic E-state index is -1.82. The van der Waals surface area contributed by atoms with Crippen molar-refractivity contribution in [3.05, 3.63) is 52.1 Å². The zero-order valence-corrected chi connectivity index (χ0v) is 16.5. The molecule has 0 bridgehead atoms. The highest BCUT2D eigenvalue weighted by molar-refractivity contribution is 6.27. The van der Waals surface area contributed by atoms with Crippen LogP contribution in [-0.4, -0.2) is 75.5 Å². The summed E-state index contributed by atoms with van der Waals surface area (Å²) in [5, 5.41) is 25.5. The normalized spacial score (nSPS) is 18.8. The minimum Gasteiger partial charge on any atom is -0.473 e. The van der Waals surface area contributed by atoms with Gasteiger partial charge in [0.15, 0.2) is 0 Å². The van der Waals surface area contributed by atoms with Gasteiger partial charge in [-0.25, -0.2) is 9.59 Å². The number of benzene rings is 1. The molecule has 3 rings (SSSR count). The lowest BCUT2D eigenvalue weighted by Crippen LogP contribution is -2.49. The summed E-state index contributed by atoms with van der Waals surface area (Å²) in [7, 11) is 0. The van der Waals surface area contributed by atoms with Crippen LogP contribution < -0.4 is 0 Å². The molecule has 1 saturated heterocycles. The number of carbonyl (C=O) groups excluding carboxylic acids is 1. The number of nitro benzene ring substituents is 1. The first-order valence-electron chi connectivity index (χ1n) is 9.65. The van der Waals surface area contributed by atoms with E-state index in [4.69, 9.17) is 19.8 Å². The van der Waals surface area contributed by atoms with Gasteiger partial charge in [-0.2, -0.15) is 0 Å². The third-order valence-corrected chi connectivity index (χ3v) is 5.06. The van der Waals surface area contributed by atoms with Crippen LogP contribution in [0.5, 0.6) is 0 Å². The SMILES string of the molecule is O=C(O)C(=O)O.O=C(c1ccc([N+](=O)[O-])cc1)N1CCN(CC2CC=CCC2)CC1. The van der Waals surface area contributed by atoms with Crippen molar-refractivity contribution in [1.29, 1.82) is 0 Å². The summed E-state index contributed by atoms with van der Waals surface area (Å²) in [5.74, 6) is -2.94. The first-order valence-corrected chi connectivity index (χ1v) is 9.65. The zero-order valence-electron chi connectivity index (χ0n) is 16.5. The fourth-order valence-corrected chi connectivity index (χ4v) is 3.43. The van der Waals surface area contributed by atoms with Gasteiger partial charge >= 0.3 is 11.9 Å². The number of allylic oxidation sites excluding steroid dienone is 2. The quantitative estimate of drug-likeness (QED) is 0.326. The largest absolute Gasteiger partial charge is 0.473 e. The fourth-order valence-electron chi connectivity index (χ4n) is 3.43. The Hall–Kier alpha value is -3.27. The first kappa shape index (κ1) is 23.0. The maximum atomic E-state index is 12.5. The molecule has 0 saturated carbocycles. The molecule has 1 fully saturated rings. The molecule has 10 nitrogen and oxygen atoms in total. The highest BCUT2D eigenvalue weighted by atomic mass is 16.6. The van der Waals surface area contributed by atoms with Gasteiger partial charge in [0, 0.05) is 50.4 Å². The van der Waals surface area contributed by atoms with Crippen molar-refractivity contribution in [2.45, 2.75) is 19.3 Å². The molecule has 2 aliphatic rings. The molecule has 1 atom stereocenters. The van der Waals surface area contributed by atoms with E-state index in [2.05, 4.69) is 17.1 Å². The monoisotopic (exact) mass is 419 g/mol. The van der Waals surface area contributed by atoms with Crippen LogP contribution in [0, 0.1) is 16.0 Å². The highest BCUT2D eigenvalue weighted by Crippen LogP contribution is 2.20. The third-order valence-electron chi connectivity index (χ3n) is 5.06. The molecule has 0 spiro atoms. The van der Waals surface area contributed by atoms with Gasteiger partial charge in [0.05, 0.1) is 4.92 Å². The maximum absolute atomic E-state index is 12.5. The zero-order chi connectivity index (χ0) is 22.1. The summed E-state index contributed by atoms with van der Waals surface area (Å²) in [6.07, 6.45) is 8.16. The van der Waals surface area contributed by atoms with Crippen LogP contribution in [0.25, 0.3) is 0 Å². The number of carboxylic acid groups (broad SMARTS) is 2. The van der Waals surface area contributed by atoms with E-state index in [-0.39, 0.29) is 11.6 Å². The number of hydrogen-bond donors (Lipinski definition) is 2. The average molecular weight is 419 g/mol. The van der Waals surface area contributed by atoms with Crippen molar-refractivity contribution < 1.29 is 29.5 Å². The number of carboxylic acids is 2. The summed E-state index contributed by atoms with van der Waals surface area (Å²) < 4.78 is 0. The Bertz CT molecular complexity index is 787. The molecule has 30 heavy (non-hydrogen) atoms. The van der Waals surface area contributed by atoms with Gasteiger partial charge in [0.25, 0.3) is 11.6 Å². The van der Waals surface area contributed by atoms with E-state index in [1.54, 1.807) is 12.1 Å². The van der Waals surface area contributed by atoms with E-state index >= 15 is 0 Å². The standard InChI is InChI=1S/C18H23N3O3.C2H2O4/c22-18(16-6-8-17(9-7-16)21(23)24)20-12-10-19(11-13-20)14-15-4-2-1-3-5-15;3-1(4)2(5)6/h1-2,6-9,15H,3-5,10-14H2;(H,3,4)(H,5,6). The molecule has 0 aromatic heterocycles. The Balaban J connectivity index is 0.000000469. The van der Waals surface area contributed by atoms with Gasteiger partial charge in [0.2, 0.25) is 0 Å². The summed E-state index contributed by atoms with van der Waals surface area (Å²) >= 11 is 0. The first-order chi connectivity index (χ1) is 14.3. The second-order valence-electron chi connectivity index (χ2n) is 7.16. The molecule has 1 amide bonds. The lowest BCUT2D eigenvalue weighted by Gasteiger charge is -2.36. The van der Waals surface area contributed by atoms with Gasteiger partial charge in [-0.15, -0.1) is 0 Å². The van der Waals surface area contributed by atoms with Crippen LogP contribution in [0.3, 0.4) is 0 Å². The molecule has 10 heteroatoms. The average Bonchev–Trinajstić information content (AvgIpc) is 2.75. The van der Waals surface area contributed by atoms with E-state index in [1.165, 1.54) is 31.4 Å². The predicted octanol–water partition coefficient (Wildman–Crippen LogP) is 1.86. The summed E-state index contributed by atoms with van der Waals surface area (Å²) in [5.41, 5.74) is 0.532. The van der Waals surface area contributed by atoms with Crippen molar-refractivity contribution >= 4 is 23.5 Å². The molecule has 1 unspecified atom stereocenters. The lowest BCUT2D eigenvalue weighted by molar-refractivity contribution is -0.384. The number of non-ortho nitro benzene ring substituents is 1. The molecule has 1 aromatic carbocycles. The summed E-state index contributed by atoms with van der Waals surface area (Å²) in [4.78, 5) is 45.2. The van der Waals surface area contributed by atoms with Gasteiger partial charge < -0.3 is 15.1 Å². The topological polar surface area (TPSA) is 141 Å². The minimum absolute atomic E-state index is 0.0119. The van der Waals surface area contributed by atoms with Gasteiger partial charge in [-0.05, 0) is 37.3 Å². The van der Waals surface area contributed by atoms with Crippen molar-refractivity contribution in [1.82, 2.24) is 9.80 Å². The molecular formula is C20H25N3O7. The number of piperazine rings is 1.